The van der Waals surface area contributed by atoms with Crippen molar-refractivity contribution in [2.24, 2.45) is 0 Å². The van der Waals surface area contributed by atoms with Crippen molar-refractivity contribution in [3.05, 3.63) is 36.0 Å². The molecule has 0 spiro atoms. The largest absolute Gasteiger partial charge is 0.260 e. The molecule has 0 saturated carbocycles. The summed E-state index contributed by atoms with van der Waals surface area (Å²) in [6.45, 7) is 9.62. The van der Waals surface area contributed by atoms with E-state index in [0.29, 0.717) is 0 Å². The molecule has 1 heterocycles. The van der Waals surface area contributed by atoms with E-state index in [2.05, 4.69) is 11.6 Å². The fraction of sp³-hybridized carbons (Fsp3) is 0.300. The summed E-state index contributed by atoms with van der Waals surface area (Å²) in [5.74, 6) is 0. The molecule has 0 fully saturated rings. The Morgan fingerprint density at radius 2 is 2.17 bits per heavy atom. The third-order valence-corrected chi connectivity index (χ3v) is 2.02. The quantitative estimate of drug-likeness (QED) is 0.646. The van der Waals surface area contributed by atoms with Crippen LogP contribution in [0.5, 0.6) is 0 Å². The van der Waals surface area contributed by atoms with Gasteiger partial charge in [0.1, 0.15) is 0 Å². The van der Waals surface area contributed by atoms with Gasteiger partial charge in [-0.25, -0.2) is 0 Å². The van der Waals surface area contributed by atoms with Crippen LogP contribution in [0.2, 0.25) is 0 Å². The van der Waals surface area contributed by atoms with Gasteiger partial charge in [-0.05, 0) is 24.5 Å². The zero-order valence-corrected chi connectivity index (χ0v) is 8.69. The molecule has 0 bridgehead atoms. The zero-order valence-electron chi connectivity index (χ0n) is 7.87. The number of hydrogen-bond donors (Lipinski definition) is 0. The summed E-state index contributed by atoms with van der Waals surface area (Å²) in [5, 5.41) is 1.81. The van der Waals surface area contributed by atoms with Crippen LogP contribution in [0.4, 0.5) is 0 Å². The monoisotopic (exact) mass is 181 g/mol. The van der Waals surface area contributed by atoms with Gasteiger partial charge in [0.25, 0.3) is 0 Å². The van der Waals surface area contributed by atoms with Crippen LogP contribution in [-0.2, 0) is 0 Å². The van der Waals surface area contributed by atoms with Crippen molar-refractivity contribution in [2.75, 3.05) is 0 Å². The van der Waals surface area contributed by atoms with Crippen LogP contribution in [0, 0.1) is 6.92 Å². The highest BCUT2D eigenvalue weighted by Gasteiger charge is 1.93. The predicted octanol–water partition coefficient (Wildman–Crippen LogP) is 3.65. The topological polar surface area (TPSA) is 12.9 Å². The lowest BCUT2D eigenvalue weighted by Crippen LogP contribution is -1.80. The second-order valence-electron chi connectivity index (χ2n) is 1.87. The summed E-state index contributed by atoms with van der Waals surface area (Å²) in [7, 11) is 0. The van der Waals surface area contributed by atoms with Crippen LogP contribution in [0.25, 0.3) is 0 Å². The molecule has 0 aliphatic rings. The van der Waals surface area contributed by atoms with E-state index in [1.807, 2.05) is 38.3 Å². The van der Waals surface area contributed by atoms with Gasteiger partial charge in [0.2, 0.25) is 0 Å². The second-order valence-corrected chi connectivity index (χ2v) is 2.88. The fourth-order valence-electron chi connectivity index (χ4n) is 0.684. The lowest BCUT2D eigenvalue weighted by Gasteiger charge is -1.97. The number of pyridine rings is 1. The van der Waals surface area contributed by atoms with Crippen molar-refractivity contribution < 1.29 is 0 Å². The minimum absolute atomic E-state index is 1.06. The van der Waals surface area contributed by atoms with Gasteiger partial charge in [-0.1, -0.05) is 32.2 Å². The van der Waals surface area contributed by atoms with Gasteiger partial charge in [-0.3, -0.25) is 4.98 Å². The van der Waals surface area contributed by atoms with Crippen molar-refractivity contribution in [3.8, 4) is 0 Å². The first-order valence-corrected chi connectivity index (χ1v) is 4.91. The molecule has 1 nitrogen and oxygen atoms in total. The van der Waals surface area contributed by atoms with Gasteiger partial charge < -0.3 is 0 Å². The molecule has 0 unspecified atom stereocenters. The van der Waals surface area contributed by atoms with Gasteiger partial charge in [0.05, 0.1) is 5.69 Å². The first-order chi connectivity index (χ1) is 5.84. The lowest BCUT2D eigenvalue weighted by molar-refractivity contribution is 1.12. The molecule has 0 radical (unpaired) electrons. The van der Waals surface area contributed by atoms with E-state index in [-0.39, 0.29) is 0 Å². The molecule has 1 rings (SSSR count). The molecule has 0 N–H and O–H groups in total. The number of nitrogens with zero attached hydrogens (tertiary/aromatic N) is 1. The maximum atomic E-state index is 4.13. The Labute approximate surface area is 78.9 Å². The Hall–Kier alpha value is -0.760. The predicted molar refractivity (Wildman–Crippen MR) is 56.4 cm³/mol. The summed E-state index contributed by atoms with van der Waals surface area (Å²) < 4.78 is 0. The Morgan fingerprint density at radius 1 is 1.50 bits per heavy atom. The molecule has 1 aromatic rings. The maximum absolute atomic E-state index is 4.13. The van der Waals surface area contributed by atoms with Crippen LogP contribution in [-0.4, -0.2) is 4.98 Å². The molecule has 0 aliphatic heterocycles. The Kier molecular flexibility index (Phi) is 6.48. The first-order valence-electron chi connectivity index (χ1n) is 4.04. The van der Waals surface area contributed by atoms with E-state index >= 15 is 0 Å². The van der Waals surface area contributed by atoms with Gasteiger partial charge in [-0.2, -0.15) is 0 Å². The van der Waals surface area contributed by atoms with Crippen LogP contribution >= 0.6 is 11.8 Å². The SMILES string of the molecule is C=CSc1cccnc1C.CC. The third kappa shape index (κ3) is 3.58. The summed E-state index contributed by atoms with van der Waals surface area (Å²) in [5.41, 5.74) is 1.06. The highest BCUT2D eigenvalue weighted by molar-refractivity contribution is 8.02. The van der Waals surface area contributed by atoms with Gasteiger partial charge in [-0.15, -0.1) is 0 Å². The van der Waals surface area contributed by atoms with Crippen molar-refractivity contribution in [1.29, 1.82) is 0 Å². The number of aryl methyl sites for hydroxylation is 1. The van der Waals surface area contributed by atoms with Gasteiger partial charge >= 0.3 is 0 Å². The molecule has 0 amide bonds. The molecular formula is C10H15NS. The molecule has 0 aliphatic carbocycles. The molecule has 66 valence electrons. The summed E-state index contributed by atoms with van der Waals surface area (Å²) in [6.07, 6.45) is 1.79. The lowest BCUT2D eigenvalue weighted by atomic mass is 10.4. The van der Waals surface area contributed by atoms with E-state index in [4.69, 9.17) is 0 Å². The van der Waals surface area contributed by atoms with Crippen LogP contribution in [0.15, 0.2) is 35.2 Å². The molecule has 2 heteroatoms. The first kappa shape index (κ1) is 11.2. The minimum Gasteiger partial charge on any atom is -0.260 e. The van der Waals surface area contributed by atoms with Crippen molar-refractivity contribution in [2.45, 2.75) is 25.7 Å². The number of thioether (sulfide) groups is 1. The van der Waals surface area contributed by atoms with Crippen LogP contribution in [0.3, 0.4) is 0 Å². The zero-order chi connectivity index (χ0) is 9.40. The molecular weight excluding hydrogens is 166 g/mol. The normalized spacial score (nSPS) is 8.25. The molecule has 0 aromatic carbocycles. The fourth-order valence-corrected chi connectivity index (χ4v) is 1.24. The number of rotatable bonds is 2. The molecule has 0 saturated heterocycles. The number of aromatic nitrogens is 1. The van der Waals surface area contributed by atoms with E-state index < -0.39 is 0 Å². The van der Waals surface area contributed by atoms with E-state index in [1.165, 1.54) is 4.90 Å². The minimum atomic E-state index is 1.06. The Bertz CT molecular complexity index is 233. The highest BCUT2D eigenvalue weighted by atomic mass is 32.2. The van der Waals surface area contributed by atoms with E-state index in [1.54, 1.807) is 18.0 Å². The average Bonchev–Trinajstić information content (AvgIpc) is 2.13. The number of hydrogen-bond acceptors (Lipinski definition) is 2. The molecule has 0 atom stereocenters. The van der Waals surface area contributed by atoms with Gasteiger partial charge in [0.15, 0.2) is 0 Å². The standard InChI is InChI=1S/C8H9NS.C2H6/c1-3-10-8-5-4-6-9-7(8)2;1-2/h3-6H,1H2,2H3;1-2H3. The molecule has 1 aromatic heterocycles. The second kappa shape index (κ2) is 6.92. The van der Waals surface area contributed by atoms with Crippen molar-refractivity contribution >= 4 is 11.8 Å². The Morgan fingerprint density at radius 3 is 2.67 bits per heavy atom. The average molecular weight is 181 g/mol. The van der Waals surface area contributed by atoms with E-state index in [0.717, 1.165) is 5.69 Å². The summed E-state index contributed by atoms with van der Waals surface area (Å²) in [4.78, 5) is 5.31. The van der Waals surface area contributed by atoms with Crippen LogP contribution < -0.4 is 0 Å². The smallest absolute Gasteiger partial charge is 0.0511 e. The maximum Gasteiger partial charge on any atom is 0.0511 e. The summed E-state index contributed by atoms with van der Waals surface area (Å²) in [6, 6.07) is 3.97. The summed E-state index contributed by atoms with van der Waals surface area (Å²) >= 11 is 1.60. The third-order valence-electron chi connectivity index (χ3n) is 1.17. The van der Waals surface area contributed by atoms with E-state index in [9.17, 15) is 0 Å². The highest BCUT2D eigenvalue weighted by Crippen LogP contribution is 2.19. The van der Waals surface area contributed by atoms with Crippen molar-refractivity contribution in [3.63, 3.8) is 0 Å². The van der Waals surface area contributed by atoms with Crippen LogP contribution in [0.1, 0.15) is 19.5 Å². The Balaban J connectivity index is 0.000000561. The molecule has 12 heavy (non-hydrogen) atoms. The van der Waals surface area contributed by atoms with Crippen molar-refractivity contribution in [1.82, 2.24) is 4.98 Å². The van der Waals surface area contributed by atoms with Gasteiger partial charge in [0, 0.05) is 11.1 Å².